The van der Waals surface area contributed by atoms with Crippen LogP contribution in [0.3, 0.4) is 0 Å². The molecular weight excluding hydrogens is 361 g/mol. The zero-order chi connectivity index (χ0) is 20.1. The Morgan fingerprint density at radius 1 is 1.21 bits per heavy atom. The van der Waals surface area contributed by atoms with Crippen LogP contribution in [-0.2, 0) is 22.7 Å². The number of carbonyl (C=O) groups excluding carboxylic acids is 2. The molecule has 0 bridgehead atoms. The van der Waals surface area contributed by atoms with Crippen molar-refractivity contribution in [3.63, 3.8) is 0 Å². The van der Waals surface area contributed by atoms with Gasteiger partial charge >= 0.3 is 0 Å². The van der Waals surface area contributed by atoms with Gasteiger partial charge in [-0.25, -0.2) is 4.39 Å². The molecule has 0 saturated carbocycles. The molecule has 0 N–H and O–H groups in total. The van der Waals surface area contributed by atoms with Crippen LogP contribution in [0.1, 0.15) is 32.3 Å². The molecule has 2 amide bonds. The fraction of sp³-hybridized carbons (Fsp3) is 0.500. The Labute approximate surface area is 164 Å². The maximum absolute atomic E-state index is 13.2. The number of rotatable bonds is 6. The van der Waals surface area contributed by atoms with Crippen molar-refractivity contribution < 1.29 is 14.0 Å². The van der Waals surface area contributed by atoms with Crippen LogP contribution in [0.4, 0.5) is 4.39 Å². The van der Waals surface area contributed by atoms with E-state index in [0.29, 0.717) is 39.0 Å². The Balaban J connectivity index is 1.70. The van der Waals surface area contributed by atoms with Crippen molar-refractivity contribution in [2.24, 2.45) is 5.92 Å². The molecule has 8 heteroatoms. The quantitative estimate of drug-likeness (QED) is 0.761. The number of halogens is 1. The Morgan fingerprint density at radius 2 is 1.89 bits per heavy atom. The van der Waals surface area contributed by atoms with Gasteiger partial charge in [0, 0.05) is 39.0 Å². The predicted octanol–water partition coefficient (Wildman–Crippen LogP) is 2.09. The lowest BCUT2D eigenvalue weighted by Gasteiger charge is -2.34. The van der Waals surface area contributed by atoms with Crippen LogP contribution in [0, 0.1) is 11.7 Å². The molecule has 3 rings (SSSR count). The summed E-state index contributed by atoms with van der Waals surface area (Å²) >= 11 is 0. The predicted molar refractivity (Wildman–Crippen MR) is 101 cm³/mol. The molecule has 0 spiro atoms. The van der Waals surface area contributed by atoms with Crippen LogP contribution in [0.5, 0.6) is 0 Å². The number of hydrogen-bond acceptors (Lipinski definition) is 4. The molecular formula is C20H26FN5O2. The molecule has 1 aromatic heterocycles. The molecule has 28 heavy (non-hydrogen) atoms. The van der Waals surface area contributed by atoms with Gasteiger partial charge in [-0.2, -0.15) is 0 Å². The standard InChI is InChI=1S/C20H26FN5O2/c1-15(2)18-12-25(19(27)7-9-24-13-22-23-14-24)10-8-20(28)26(18)11-16-3-5-17(21)6-4-16/h3-6,13-15,18H,7-12H2,1-2H3/t18-/m0/s1. The molecule has 150 valence electrons. The number of amides is 2. The molecule has 0 aliphatic carbocycles. The lowest BCUT2D eigenvalue weighted by atomic mass is 10.0. The smallest absolute Gasteiger partial charge is 0.224 e. The van der Waals surface area contributed by atoms with Crippen molar-refractivity contribution in [1.82, 2.24) is 24.6 Å². The fourth-order valence-electron chi connectivity index (χ4n) is 3.48. The van der Waals surface area contributed by atoms with E-state index in [4.69, 9.17) is 0 Å². The van der Waals surface area contributed by atoms with Gasteiger partial charge < -0.3 is 14.4 Å². The van der Waals surface area contributed by atoms with Crippen molar-refractivity contribution in [1.29, 1.82) is 0 Å². The van der Waals surface area contributed by atoms with Crippen LogP contribution < -0.4 is 0 Å². The lowest BCUT2D eigenvalue weighted by molar-refractivity contribution is -0.134. The molecule has 2 aromatic rings. The Bertz CT molecular complexity index is 791. The second-order valence-electron chi connectivity index (χ2n) is 7.50. The van der Waals surface area contributed by atoms with Gasteiger partial charge in [-0.15, -0.1) is 10.2 Å². The second-order valence-corrected chi connectivity index (χ2v) is 7.50. The third-order valence-corrected chi connectivity index (χ3v) is 5.16. The molecule has 0 unspecified atom stereocenters. The highest BCUT2D eigenvalue weighted by Crippen LogP contribution is 2.21. The van der Waals surface area contributed by atoms with E-state index < -0.39 is 0 Å². The largest absolute Gasteiger partial charge is 0.340 e. The van der Waals surface area contributed by atoms with Crippen LogP contribution in [-0.4, -0.2) is 55.5 Å². The van der Waals surface area contributed by atoms with Crippen molar-refractivity contribution >= 4 is 11.8 Å². The molecule has 1 atom stereocenters. The number of carbonyl (C=O) groups is 2. The minimum Gasteiger partial charge on any atom is -0.340 e. The van der Waals surface area contributed by atoms with Crippen molar-refractivity contribution in [3.05, 3.63) is 48.3 Å². The zero-order valence-corrected chi connectivity index (χ0v) is 16.3. The number of nitrogens with zero attached hydrogens (tertiary/aromatic N) is 5. The van der Waals surface area contributed by atoms with Crippen molar-refractivity contribution in [2.45, 2.75) is 45.8 Å². The van der Waals surface area contributed by atoms with Crippen LogP contribution >= 0.6 is 0 Å². The minimum atomic E-state index is -0.295. The first kappa shape index (κ1) is 20.0. The summed E-state index contributed by atoms with van der Waals surface area (Å²) in [4.78, 5) is 29.2. The van der Waals surface area contributed by atoms with E-state index in [1.165, 1.54) is 12.1 Å². The van der Waals surface area contributed by atoms with Gasteiger partial charge in [0.2, 0.25) is 11.8 Å². The van der Waals surface area contributed by atoms with Crippen LogP contribution in [0.25, 0.3) is 0 Å². The van der Waals surface area contributed by atoms with E-state index >= 15 is 0 Å². The lowest BCUT2D eigenvalue weighted by Crippen LogP contribution is -2.47. The SMILES string of the molecule is CC(C)[C@@H]1CN(C(=O)CCn2cnnc2)CCC(=O)N1Cc1ccc(F)cc1. The third-order valence-electron chi connectivity index (χ3n) is 5.16. The van der Waals surface area contributed by atoms with E-state index in [2.05, 4.69) is 24.0 Å². The van der Waals surface area contributed by atoms with Gasteiger partial charge in [-0.1, -0.05) is 26.0 Å². The second kappa shape index (κ2) is 8.95. The first-order valence-electron chi connectivity index (χ1n) is 9.58. The summed E-state index contributed by atoms with van der Waals surface area (Å²) in [5.74, 6) is -0.0558. The summed E-state index contributed by atoms with van der Waals surface area (Å²) < 4.78 is 15.0. The fourth-order valence-corrected chi connectivity index (χ4v) is 3.48. The molecule has 0 radical (unpaired) electrons. The van der Waals surface area contributed by atoms with Gasteiger partial charge in [0.05, 0.1) is 6.04 Å². The molecule has 1 aliphatic rings. The summed E-state index contributed by atoms with van der Waals surface area (Å²) in [6.45, 7) is 5.97. The molecule has 1 saturated heterocycles. The van der Waals surface area contributed by atoms with Gasteiger partial charge in [-0.05, 0) is 23.6 Å². The van der Waals surface area contributed by atoms with Gasteiger partial charge in [0.15, 0.2) is 0 Å². The number of benzene rings is 1. The number of hydrogen-bond donors (Lipinski definition) is 0. The van der Waals surface area contributed by atoms with E-state index in [-0.39, 0.29) is 29.6 Å². The highest BCUT2D eigenvalue weighted by molar-refractivity contribution is 5.80. The monoisotopic (exact) mass is 387 g/mol. The Kier molecular flexibility index (Phi) is 6.38. The average molecular weight is 387 g/mol. The maximum atomic E-state index is 13.2. The van der Waals surface area contributed by atoms with Crippen molar-refractivity contribution in [3.8, 4) is 0 Å². The number of aromatic nitrogens is 3. The van der Waals surface area contributed by atoms with Gasteiger partial charge in [0.1, 0.15) is 18.5 Å². The van der Waals surface area contributed by atoms with Gasteiger partial charge in [0.25, 0.3) is 0 Å². The normalized spacial score (nSPS) is 17.9. The summed E-state index contributed by atoms with van der Waals surface area (Å²) in [5, 5.41) is 7.48. The van der Waals surface area contributed by atoms with E-state index in [0.717, 1.165) is 5.56 Å². The van der Waals surface area contributed by atoms with Crippen LogP contribution in [0.2, 0.25) is 0 Å². The summed E-state index contributed by atoms with van der Waals surface area (Å²) in [6, 6.07) is 6.13. The molecule has 2 heterocycles. The van der Waals surface area contributed by atoms with E-state index in [9.17, 15) is 14.0 Å². The van der Waals surface area contributed by atoms with Gasteiger partial charge in [-0.3, -0.25) is 9.59 Å². The molecule has 1 fully saturated rings. The highest BCUT2D eigenvalue weighted by Gasteiger charge is 2.33. The number of aryl methyl sites for hydroxylation is 1. The van der Waals surface area contributed by atoms with Crippen molar-refractivity contribution in [2.75, 3.05) is 13.1 Å². The summed E-state index contributed by atoms with van der Waals surface area (Å²) in [6.07, 6.45) is 3.80. The summed E-state index contributed by atoms with van der Waals surface area (Å²) in [5.41, 5.74) is 0.882. The Morgan fingerprint density at radius 3 is 2.54 bits per heavy atom. The molecule has 1 aliphatic heterocycles. The van der Waals surface area contributed by atoms with E-state index in [1.54, 1.807) is 34.3 Å². The highest BCUT2D eigenvalue weighted by atomic mass is 19.1. The average Bonchev–Trinajstić information content (AvgIpc) is 3.13. The minimum absolute atomic E-state index is 0.0239. The third kappa shape index (κ3) is 4.94. The first-order chi connectivity index (χ1) is 13.4. The molecule has 7 nitrogen and oxygen atoms in total. The molecule has 1 aromatic carbocycles. The maximum Gasteiger partial charge on any atom is 0.224 e. The van der Waals surface area contributed by atoms with Crippen LogP contribution in [0.15, 0.2) is 36.9 Å². The zero-order valence-electron chi connectivity index (χ0n) is 16.3. The summed E-state index contributed by atoms with van der Waals surface area (Å²) in [7, 11) is 0. The van der Waals surface area contributed by atoms with E-state index in [1.807, 2.05) is 4.90 Å². The first-order valence-corrected chi connectivity index (χ1v) is 9.58. The Hall–Kier alpha value is -2.77. The topological polar surface area (TPSA) is 71.3 Å².